The molecule has 0 fully saturated rings. The lowest BCUT2D eigenvalue weighted by molar-refractivity contribution is -0.384. The molecule has 0 aliphatic heterocycles. The van der Waals surface area contributed by atoms with Gasteiger partial charge in [0, 0.05) is 35.3 Å². The van der Waals surface area contributed by atoms with Crippen LogP contribution in [0.2, 0.25) is 0 Å². The smallest absolute Gasteiger partial charge is 0.429 e. The molecular formula is C29H39N3O7. The van der Waals surface area contributed by atoms with Gasteiger partial charge in [-0.15, -0.1) is 0 Å². The molecule has 0 aromatic heterocycles. The minimum atomic E-state index is -1.00. The number of hydrogen-bond donors (Lipinski definition) is 2. The van der Waals surface area contributed by atoms with Crippen molar-refractivity contribution in [3.8, 4) is 5.75 Å². The predicted molar refractivity (Wildman–Crippen MR) is 149 cm³/mol. The molecule has 0 saturated heterocycles. The fourth-order valence-electron chi connectivity index (χ4n) is 4.18. The molecule has 0 spiro atoms. The Labute approximate surface area is 229 Å². The van der Waals surface area contributed by atoms with E-state index in [0.717, 1.165) is 12.8 Å². The standard InChI is InChI=1S/C29H39N3O7/c1-7-22(13-19(4)5)28(34)31-24-15-21(14-23(16-24)30-27(33)20(6)12-18(2)3)17-38-29(35)39-26-10-8-25(9-11-26)32(36)37/h8-11,14-16,18-20,22H,7,12-13,17H2,1-6H3,(H,30,33)(H,31,34). The van der Waals surface area contributed by atoms with Crippen molar-refractivity contribution < 1.29 is 28.8 Å². The monoisotopic (exact) mass is 541 g/mol. The molecule has 0 bridgehead atoms. The maximum atomic E-state index is 12.9. The van der Waals surface area contributed by atoms with Crippen molar-refractivity contribution in [3.05, 3.63) is 58.1 Å². The number of nitrogens with one attached hydrogen (secondary N) is 2. The zero-order valence-electron chi connectivity index (χ0n) is 23.5. The van der Waals surface area contributed by atoms with Crippen LogP contribution in [0.25, 0.3) is 0 Å². The lowest BCUT2D eigenvalue weighted by Gasteiger charge is -2.19. The zero-order chi connectivity index (χ0) is 29.1. The molecule has 212 valence electrons. The molecule has 10 heteroatoms. The van der Waals surface area contributed by atoms with E-state index in [2.05, 4.69) is 24.5 Å². The fourth-order valence-corrected chi connectivity index (χ4v) is 4.18. The highest BCUT2D eigenvalue weighted by atomic mass is 16.7. The van der Waals surface area contributed by atoms with Crippen molar-refractivity contribution in [1.29, 1.82) is 0 Å². The zero-order valence-corrected chi connectivity index (χ0v) is 23.5. The summed E-state index contributed by atoms with van der Waals surface area (Å²) in [5.41, 5.74) is 1.33. The third-order valence-electron chi connectivity index (χ3n) is 6.03. The number of amides is 2. The Hall–Kier alpha value is -3.95. The van der Waals surface area contributed by atoms with Crippen molar-refractivity contribution in [1.82, 2.24) is 0 Å². The van der Waals surface area contributed by atoms with Gasteiger partial charge in [0.2, 0.25) is 11.8 Å². The summed E-state index contributed by atoms with van der Waals surface area (Å²) in [6, 6.07) is 10.0. The van der Waals surface area contributed by atoms with Crippen molar-refractivity contribution >= 4 is 35.0 Å². The predicted octanol–water partition coefficient (Wildman–Crippen LogP) is 6.94. The van der Waals surface area contributed by atoms with Crippen LogP contribution >= 0.6 is 0 Å². The van der Waals surface area contributed by atoms with E-state index in [9.17, 15) is 24.5 Å². The van der Waals surface area contributed by atoms with Crippen LogP contribution in [0.5, 0.6) is 5.75 Å². The van der Waals surface area contributed by atoms with Gasteiger partial charge >= 0.3 is 6.16 Å². The molecule has 2 aromatic rings. The fraction of sp³-hybridized carbons (Fsp3) is 0.483. The normalized spacial score (nSPS) is 12.5. The highest BCUT2D eigenvalue weighted by Gasteiger charge is 2.20. The number of benzene rings is 2. The minimum Gasteiger partial charge on any atom is -0.429 e. The van der Waals surface area contributed by atoms with Gasteiger partial charge in [-0.2, -0.15) is 0 Å². The number of hydrogen-bond acceptors (Lipinski definition) is 7. The van der Waals surface area contributed by atoms with Crippen LogP contribution in [-0.4, -0.2) is 22.9 Å². The topological polar surface area (TPSA) is 137 Å². The second kappa shape index (κ2) is 14.8. The molecule has 0 aliphatic carbocycles. The van der Waals surface area contributed by atoms with E-state index in [0.29, 0.717) is 35.2 Å². The summed E-state index contributed by atoms with van der Waals surface area (Å²) >= 11 is 0. The van der Waals surface area contributed by atoms with Crippen LogP contribution in [-0.2, 0) is 20.9 Å². The molecule has 2 amide bonds. The number of anilines is 2. The Kier molecular flexibility index (Phi) is 11.9. The maximum absolute atomic E-state index is 12.9. The quantitative estimate of drug-likeness (QED) is 0.121. The number of nitro groups is 1. The molecule has 2 rings (SSSR count). The number of rotatable bonds is 13. The Morgan fingerprint density at radius 2 is 1.44 bits per heavy atom. The summed E-state index contributed by atoms with van der Waals surface area (Å²) < 4.78 is 10.3. The molecule has 0 heterocycles. The number of non-ortho nitro benzene ring substituents is 1. The van der Waals surface area contributed by atoms with Crippen molar-refractivity contribution in [2.24, 2.45) is 23.7 Å². The number of nitro benzene ring substituents is 1. The van der Waals surface area contributed by atoms with Crippen molar-refractivity contribution in [2.75, 3.05) is 10.6 Å². The third-order valence-corrected chi connectivity index (χ3v) is 6.03. The molecule has 2 N–H and O–H groups in total. The largest absolute Gasteiger partial charge is 0.514 e. The molecule has 0 saturated carbocycles. The summed E-state index contributed by atoms with van der Waals surface area (Å²) in [6.07, 6.45) is 1.16. The van der Waals surface area contributed by atoms with Gasteiger partial charge in [0.15, 0.2) is 0 Å². The average molecular weight is 542 g/mol. The highest BCUT2D eigenvalue weighted by Crippen LogP contribution is 2.24. The Morgan fingerprint density at radius 3 is 1.95 bits per heavy atom. The van der Waals surface area contributed by atoms with Gasteiger partial charge in [0.1, 0.15) is 12.4 Å². The number of nitrogens with zero attached hydrogens (tertiary/aromatic N) is 1. The van der Waals surface area contributed by atoms with E-state index >= 15 is 0 Å². The number of ether oxygens (including phenoxy) is 2. The Bertz CT molecular complexity index is 1150. The molecule has 2 unspecified atom stereocenters. The van der Waals surface area contributed by atoms with Gasteiger partial charge < -0.3 is 20.1 Å². The summed E-state index contributed by atoms with van der Waals surface area (Å²) in [6.45, 7) is 11.9. The van der Waals surface area contributed by atoms with E-state index in [-0.39, 0.29) is 41.7 Å². The third kappa shape index (κ3) is 10.7. The van der Waals surface area contributed by atoms with E-state index in [1.54, 1.807) is 18.2 Å². The van der Waals surface area contributed by atoms with E-state index in [1.165, 1.54) is 24.3 Å². The Morgan fingerprint density at radius 1 is 0.872 bits per heavy atom. The van der Waals surface area contributed by atoms with Crippen LogP contribution in [0.3, 0.4) is 0 Å². The van der Waals surface area contributed by atoms with Crippen LogP contribution in [0, 0.1) is 33.8 Å². The number of carbonyl (C=O) groups excluding carboxylic acids is 3. The SMILES string of the molecule is CCC(CC(C)C)C(=O)Nc1cc(COC(=O)Oc2ccc([N+](=O)[O-])cc2)cc(NC(=O)C(C)CC(C)C)c1. The molecular weight excluding hydrogens is 502 g/mol. The highest BCUT2D eigenvalue weighted by molar-refractivity contribution is 5.95. The Balaban J connectivity index is 2.18. The van der Waals surface area contributed by atoms with Crippen LogP contribution < -0.4 is 15.4 Å². The minimum absolute atomic E-state index is 0.0921. The number of carbonyl (C=O) groups is 3. The van der Waals surface area contributed by atoms with Gasteiger partial charge in [-0.25, -0.2) is 4.79 Å². The van der Waals surface area contributed by atoms with Crippen LogP contribution in [0.1, 0.15) is 66.4 Å². The first-order chi connectivity index (χ1) is 18.4. The summed E-state index contributed by atoms with van der Waals surface area (Å²) in [5.74, 6) is 0.166. The first kappa shape index (κ1) is 31.3. The van der Waals surface area contributed by atoms with Crippen LogP contribution in [0.4, 0.5) is 21.9 Å². The summed E-state index contributed by atoms with van der Waals surface area (Å²) in [7, 11) is 0. The van der Waals surface area contributed by atoms with Gasteiger partial charge in [0.25, 0.3) is 5.69 Å². The van der Waals surface area contributed by atoms with E-state index in [4.69, 9.17) is 9.47 Å². The summed E-state index contributed by atoms with van der Waals surface area (Å²) in [4.78, 5) is 48.2. The molecule has 10 nitrogen and oxygen atoms in total. The van der Waals surface area contributed by atoms with E-state index in [1.807, 2.05) is 27.7 Å². The van der Waals surface area contributed by atoms with Crippen molar-refractivity contribution in [2.45, 2.75) is 67.4 Å². The molecule has 2 aromatic carbocycles. The van der Waals surface area contributed by atoms with Gasteiger partial charge in [-0.1, -0.05) is 41.5 Å². The van der Waals surface area contributed by atoms with Gasteiger partial charge in [0.05, 0.1) is 4.92 Å². The second-order valence-electron chi connectivity index (χ2n) is 10.6. The molecule has 0 aliphatic rings. The molecule has 0 radical (unpaired) electrons. The first-order valence-corrected chi connectivity index (χ1v) is 13.2. The lowest BCUT2D eigenvalue weighted by Crippen LogP contribution is -2.24. The first-order valence-electron chi connectivity index (χ1n) is 13.2. The maximum Gasteiger partial charge on any atom is 0.514 e. The van der Waals surface area contributed by atoms with Gasteiger partial charge in [-0.05, 0) is 67.0 Å². The average Bonchev–Trinajstić information content (AvgIpc) is 2.85. The van der Waals surface area contributed by atoms with Gasteiger partial charge in [-0.3, -0.25) is 19.7 Å². The lowest BCUT2D eigenvalue weighted by atomic mass is 9.94. The molecule has 39 heavy (non-hydrogen) atoms. The summed E-state index contributed by atoms with van der Waals surface area (Å²) in [5, 5.41) is 16.6. The van der Waals surface area contributed by atoms with Crippen LogP contribution in [0.15, 0.2) is 42.5 Å². The second-order valence-corrected chi connectivity index (χ2v) is 10.6. The van der Waals surface area contributed by atoms with E-state index < -0.39 is 11.1 Å². The van der Waals surface area contributed by atoms with Crippen molar-refractivity contribution in [3.63, 3.8) is 0 Å². The molecule has 2 atom stereocenters.